The van der Waals surface area contributed by atoms with Crippen LogP contribution in [0.2, 0.25) is 0 Å². The number of Topliss-reactive ketones (excluding diaryl/α,β-unsaturated/α-hetero) is 1. The Kier molecular flexibility index (Phi) is 7.03. The Labute approximate surface area is 220 Å². The van der Waals surface area contributed by atoms with Crippen molar-refractivity contribution in [3.05, 3.63) is 113 Å². The monoisotopic (exact) mass is 516 g/mol. The molecule has 1 spiro atoms. The summed E-state index contributed by atoms with van der Waals surface area (Å²) in [6.07, 6.45) is 0.0340. The third-order valence-corrected chi connectivity index (χ3v) is 7.03. The lowest BCUT2D eigenvalue weighted by Gasteiger charge is -2.52. The van der Waals surface area contributed by atoms with Gasteiger partial charge in [0.15, 0.2) is 11.4 Å². The van der Waals surface area contributed by atoms with Crippen molar-refractivity contribution in [1.29, 1.82) is 0 Å². The molecule has 0 saturated heterocycles. The maximum atomic E-state index is 14.4. The van der Waals surface area contributed by atoms with Gasteiger partial charge in [-0.15, -0.1) is 0 Å². The van der Waals surface area contributed by atoms with Crippen LogP contribution in [0.15, 0.2) is 90.7 Å². The Balaban J connectivity index is 1.73. The fraction of sp³-hybridized carbons (Fsp3) is 0.267. The van der Waals surface area contributed by atoms with Crippen molar-refractivity contribution in [3.63, 3.8) is 0 Å². The number of ketones is 1. The van der Waals surface area contributed by atoms with Crippen molar-refractivity contribution in [2.75, 3.05) is 20.8 Å². The van der Waals surface area contributed by atoms with Crippen molar-refractivity contribution < 1.29 is 38.4 Å². The second-order valence-corrected chi connectivity index (χ2v) is 9.07. The van der Waals surface area contributed by atoms with E-state index in [1.54, 1.807) is 18.2 Å². The number of carbonyl (C=O) groups excluding carboxylic acids is 2. The largest absolute Gasteiger partial charge is 0.496 e. The zero-order valence-corrected chi connectivity index (χ0v) is 21.1. The highest BCUT2D eigenvalue weighted by molar-refractivity contribution is 6.13. The molecule has 3 atom stereocenters. The molecule has 1 N–H and O–H groups in total. The summed E-state index contributed by atoms with van der Waals surface area (Å²) >= 11 is 0. The molecule has 1 heterocycles. The predicted octanol–water partition coefficient (Wildman–Crippen LogP) is 3.92. The molecule has 1 aliphatic carbocycles. The number of aliphatic hydroxyl groups excluding tert-OH is 1. The van der Waals surface area contributed by atoms with Gasteiger partial charge >= 0.3 is 5.97 Å². The molecule has 0 amide bonds. The van der Waals surface area contributed by atoms with E-state index < -0.39 is 35.7 Å². The van der Waals surface area contributed by atoms with E-state index in [-0.39, 0.29) is 30.3 Å². The molecule has 0 unspecified atom stereocenters. The number of hydrogen-bond acceptors (Lipinski definition) is 8. The van der Waals surface area contributed by atoms with Crippen molar-refractivity contribution in [3.8, 4) is 5.75 Å². The van der Waals surface area contributed by atoms with E-state index in [1.807, 2.05) is 60.7 Å². The van der Waals surface area contributed by atoms with Gasteiger partial charge in [0.2, 0.25) is 5.78 Å². The Morgan fingerprint density at radius 2 is 1.50 bits per heavy atom. The van der Waals surface area contributed by atoms with Gasteiger partial charge in [-0.25, -0.2) is 4.79 Å². The predicted molar refractivity (Wildman–Crippen MR) is 136 cm³/mol. The molecule has 3 aromatic carbocycles. The lowest BCUT2D eigenvalue weighted by atomic mass is 9.65. The van der Waals surface area contributed by atoms with Crippen molar-refractivity contribution in [1.82, 2.24) is 0 Å². The molecule has 0 fully saturated rings. The first-order valence-corrected chi connectivity index (χ1v) is 12.2. The number of fused-ring (bicyclic) bond motifs is 1. The van der Waals surface area contributed by atoms with Crippen LogP contribution in [-0.2, 0) is 37.0 Å². The summed E-state index contributed by atoms with van der Waals surface area (Å²) < 4.78 is 29.9. The first kappa shape index (κ1) is 25.7. The molecule has 38 heavy (non-hydrogen) atoms. The van der Waals surface area contributed by atoms with E-state index in [9.17, 15) is 14.7 Å². The SMILES string of the molecule is COC1=CC(=O)O[C@]12C(=O)c1c(OC)cccc1[C@@H](OCc1ccccc1)[C@@]2(CO)OCc1ccccc1. The smallest absolute Gasteiger partial charge is 0.335 e. The number of carbonyl (C=O) groups is 2. The van der Waals surface area contributed by atoms with Gasteiger partial charge in [0, 0.05) is 0 Å². The molecule has 2 aliphatic rings. The van der Waals surface area contributed by atoms with E-state index >= 15 is 0 Å². The van der Waals surface area contributed by atoms with Crippen LogP contribution >= 0.6 is 0 Å². The third kappa shape index (κ3) is 3.98. The van der Waals surface area contributed by atoms with Crippen LogP contribution in [0.3, 0.4) is 0 Å². The van der Waals surface area contributed by atoms with Gasteiger partial charge in [0.05, 0.1) is 45.7 Å². The van der Waals surface area contributed by atoms with E-state index in [2.05, 4.69) is 0 Å². The summed E-state index contributed by atoms with van der Waals surface area (Å²) in [7, 11) is 2.78. The van der Waals surface area contributed by atoms with Crippen LogP contribution in [0.25, 0.3) is 0 Å². The number of esters is 1. The first-order chi connectivity index (χ1) is 18.5. The van der Waals surface area contributed by atoms with Gasteiger partial charge in [-0.05, 0) is 22.8 Å². The minimum atomic E-state index is -2.16. The number of benzene rings is 3. The Bertz CT molecular complexity index is 1350. The number of ether oxygens (including phenoxy) is 5. The number of methoxy groups -OCH3 is 2. The molecule has 1 aliphatic heterocycles. The zero-order chi connectivity index (χ0) is 26.8. The minimum absolute atomic E-state index is 0.00449. The van der Waals surface area contributed by atoms with E-state index in [0.717, 1.165) is 17.2 Å². The van der Waals surface area contributed by atoms with Gasteiger partial charge in [-0.2, -0.15) is 0 Å². The average Bonchev–Trinajstić information content (AvgIpc) is 3.31. The minimum Gasteiger partial charge on any atom is -0.496 e. The van der Waals surface area contributed by atoms with Crippen LogP contribution in [0.1, 0.15) is 33.2 Å². The van der Waals surface area contributed by atoms with Crippen LogP contribution in [-0.4, -0.2) is 48.9 Å². The number of aliphatic hydroxyl groups is 1. The molecule has 0 bridgehead atoms. The molecule has 3 aromatic rings. The topological polar surface area (TPSA) is 101 Å². The van der Waals surface area contributed by atoms with Crippen molar-refractivity contribution >= 4 is 11.8 Å². The summed E-state index contributed by atoms with van der Waals surface area (Å²) in [5, 5.41) is 11.1. The van der Waals surface area contributed by atoms with Crippen molar-refractivity contribution in [2.24, 2.45) is 0 Å². The molecule has 0 aromatic heterocycles. The highest BCUT2D eigenvalue weighted by Gasteiger charge is 2.73. The van der Waals surface area contributed by atoms with E-state index in [4.69, 9.17) is 23.7 Å². The standard InChI is InChI=1S/C30H28O8/c1-34-23-15-9-14-22-26(23)27(33)30(24(35-2)16-25(32)38-30)29(19-31,37-18-21-12-7-4-8-13-21)28(22)36-17-20-10-5-3-6-11-20/h3-16,28,31H,17-19H2,1-2H3/t28-,29-,30+/m1/s1. The Morgan fingerprint density at radius 1 is 0.842 bits per heavy atom. The summed E-state index contributed by atoms with van der Waals surface area (Å²) in [6.45, 7) is -0.603. The third-order valence-electron chi connectivity index (χ3n) is 7.03. The van der Waals surface area contributed by atoms with Crippen molar-refractivity contribution in [2.45, 2.75) is 30.5 Å². The van der Waals surface area contributed by atoms with Gasteiger partial charge in [-0.3, -0.25) is 4.79 Å². The number of rotatable bonds is 9. The zero-order valence-electron chi connectivity index (χ0n) is 21.1. The molecule has 196 valence electrons. The molecule has 0 saturated carbocycles. The van der Waals surface area contributed by atoms with E-state index in [0.29, 0.717) is 5.56 Å². The fourth-order valence-corrected chi connectivity index (χ4v) is 5.26. The maximum Gasteiger partial charge on any atom is 0.335 e. The van der Waals surface area contributed by atoms with Crippen LogP contribution < -0.4 is 4.74 Å². The normalized spacial score (nSPS) is 24.1. The molecular weight excluding hydrogens is 488 g/mol. The molecule has 8 heteroatoms. The van der Waals surface area contributed by atoms with Gasteiger partial charge in [-0.1, -0.05) is 72.8 Å². The Morgan fingerprint density at radius 3 is 2.11 bits per heavy atom. The average molecular weight is 517 g/mol. The van der Waals surface area contributed by atoms with Gasteiger partial charge < -0.3 is 28.8 Å². The quantitative estimate of drug-likeness (QED) is 0.427. The second-order valence-electron chi connectivity index (χ2n) is 9.07. The summed E-state index contributed by atoms with van der Waals surface area (Å²) in [5.74, 6) is -1.24. The summed E-state index contributed by atoms with van der Waals surface area (Å²) in [5.41, 5.74) is -1.81. The second kappa shape index (κ2) is 10.4. The lowest BCUT2D eigenvalue weighted by Crippen LogP contribution is -2.69. The molecule has 8 nitrogen and oxygen atoms in total. The van der Waals surface area contributed by atoms with Crippen LogP contribution in [0.5, 0.6) is 5.75 Å². The number of hydrogen-bond donors (Lipinski definition) is 1. The summed E-state index contributed by atoms with van der Waals surface area (Å²) in [6, 6.07) is 23.8. The molecular formula is C30H28O8. The molecule has 5 rings (SSSR count). The maximum absolute atomic E-state index is 14.4. The molecule has 0 radical (unpaired) electrons. The van der Waals surface area contributed by atoms with E-state index in [1.165, 1.54) is 14.2 Å². The van der Waals surface area contributed by atoms with Crippen LogP contribution in [0.4, 0.5) is 0 Å². The van der Waals surface area contributed by atoms with Crippen LogP contribution in [0, 0.1) is 0 Å². The van der Waals surface area contributed by atoms with Gasteiger partial charge in [0.25, 0.3) is 5.60 Å². The van der Waals surface area contributed by atoms with Gasteiger partial charge in [0.1, 0.15) is 11.9 Å². The highest BCUT2D eigenvalue weighted by Crippen LogP contribution is 2.56. The Hall–Kier alpha value is -3.98. The summed E-state index contributed by atoms with van der Waals surface area (Å²) in [4.78, 5) is 27.1. The lowest BCUT2D eigenvalue weighted by molar-refractivity contribution is -0.250. The highest BCUT2D eigenvalue weighted by atomic mass is 16.6. The first-order valence-electron chi connectivity index (χ1n) is 12.2. The fourth-order valence-electron chi connectivity index (χ4n) is 5.26.